The SMILES string of the molecule is CC(C)C1=C[CH]([Zr+2]([CH]2C=Cc3cc4c(cc32)CCC4)[SiH](C)C)c2cc3c(cc21)CCC3.[Cl-].[Cl-]. The summed E-state index contributed by atoms with van der Waals surface area (Å²) in [7, 11) is 0. The minimum absolute atomic E-state index is 0. The van der Waals surface area contributed by atoms with Gasteiger partial charge in [-0.1, -0.05) is 0 Å². The maximum atomic E-state index is 2.80. The Morgan fingerprint density at radius 1 is 0.788 bits per heavy atom. The number of aryl methyl sites for hydroxylation is 4. The molecular formula is C29H35Cl2SiZr. The number of hydrogen-bond acceptors (Lipinski definition) is 0. The average molecular weight is 574 g/mol. The molecule has 4 heteroatoms. The molecule has 33 heavy (non-hydrogen) atoms. The Morgan fingerprint density at radius 3 is 1.97 bits per heavy atom. The van der Waals surface area contributed by atoms with Gasteiger partial charge in [0.15, 0.2) is 0 Å². The topological polar surface area (TPSA) is 0 Å². The Hall–Kier alpha value is -0.400. The number of fused-ring (bicyclic) bond motifs is 4. The molecule has 0 saturated carbocycles. The second-order valence-electron chi connectivity index (χ2n) is 10.9. The van der Waals surface area contributed by atoms with Crippen LogP contribution in [0.1, 0.15) is 78.4 Å². The molecule has 0 bridgehead atoms. The average Bonchev–Trinajstić information content (AvgIpc) is 3.51. The Bertz CT molecular complexity index is 1130. The fourth-order valence-electron chi connectivity index (χ4n) is 6.87. The van der Waals surface area contributed by atoms with Gasteiger partial charge in [-0.25, -0.2) is 0 Å². The van der Waals surface area contributed by atoms with E-state index in [1.54, 1.807) is 50.1 Å². The second-order valence-corrected chi connectivity index (χ2v) is 31.2. The monoisotopic (exact) mass is 571 g/mol. The minimum atomic E-state index is -1.79. The van der Waals surface area contributed by atoms with Gasteiger partial charge in [-0.05, 0) is 0 Å². The van der Waals surface area contributed by atoms with Crippen molar-refractivity contribution in [1.29, 1.82) is 0 Å². The van der Waals surface area contributed by atoms with Crippen LogP contribution in [0.4, 0.5) is 0 Å². The van der Waals surface area contributed by atoms with Crippen LogP contribution in [0, 0.1) is 5.92 Å². The smallest absolute Gasteiger partial charge is 1.00 e. The van der Waals surface area contributed by atoms with Crippen molar-refractivity contribution < 1.29 is 45.7 Å². The molecule has 0 saturated heterocycles. The third-order valence-electron chi connectivity index (χ3n) is 8.36. The molecule has 0 nitrogen and oxygen atoms in total. The zero-order valence-electron chi connectivity index (χ0n) is 20.3. The van der Waals surface area contributed by atoms with Crippen molar-refractivity contribution >= 4 is 17.6 Å². The molecule has 0 fully saturated rings. The van der Waals surface area contributed by atoms with Crippen molar-refractivity contribution in [3.05, 3.63) is 80.9 Å². The first-order valence-electron chi connectivity index (χ1n) is 12.6. The number of rotatable bonds is 4. The Balaban J connectivity index is 0.00000130. The molecule has 4 aliphatic rings. The summed E-state index contributed by atoms with van der Waals surface area (Å²) in [5.74, 6) is -0.0742. The van der Waals surface area contributed by atoms with E-state index in [9.17, 15) is 0 Å². The summed E-state index contributed by atoms with van der Waals surface area (Å²) < 4.78 is 1.59. The molecule has 6 rings (SSSR count). The molecule has 0 aliphatic heterocycles. The predicted octanol–water partition coefficient (Wildman–Crippen LogP) is 1.14. The van der Waals surface area contributed by atoms with E-state index in [1.807, 2.05) is 0 Å². The van der Waals surface area contributed by atoms with Crippen LogP contribution in [0.15, 0.2) is 36.4 Å². The molecule has 0 spiro atoms. The summed E-state index contributed by atoms with van der Waals surface area (Å²) in [5, 5.41) is 0. The molecule has 2 atom stereocenters. The standard InChI is InChI=1S/C15H17.C12H11.C2H7Si.2ClH.Zr/c1-10(2)14-7-6-13-8-11-4-3-5-12(11)9-15(13)14;1-3-9-7-11-5-2-6-12(11)8-10(9)4-1;1-3-2;;;/h6-10H,3-5H2,1-2H3;1,3-4,7-8H,2,5-6H2;3H,1-2H3;2*1H;/q;;;;;+2/p-2. The van der Waals surface area contributed by atoms with Crippen LogP contribution < -0.4 is 24.8 Å². The van der Waals surface area contributed by atoms with Crippen molar-refractivity contribution in [3.63, 3.8) is 0 Å². The van der Waals surface area contributed by atoms with Gasteiger partial charge in [0.05, 0.1) is 0 Å². The normalized spacial score (nSPS) is 21.3. The zero-order chi connectivity index (χ0) is 21.3. The summed E-state index contributed by atoms with van der Waals surface area (Å²) >= 11 is -1.79. The maximum Gasteiger partial charge on any atom is -1.00 e. The number of hydrogen-bond donors (Lipinski definition) is 0. The first-order valence-corrected chi connectivity index (χ1v) is 22.6. The molecule has 0 aromatic heterocycles. The number of benzene rings is 2. The van der Waals surface area contributed by atoms with Gasteiger partial charge in [-0.3, -0.25) is 0 Å². The summed E-state index contributed by atoms with van der Waals surface area (Å²) in [5.41, 5.74) is 15.0. The van der Waals surface area contributed by atoms with Gasteiger partial charge in [0.1, 0.15) is 0 Å². The molecule has 173 valence electrons. The number of allylic oxidation sites excluding steroid dienone is 3. The Labute approximate surface area is 221 Å². The first kappa shape index (κ1) is 25.7. The van der Waals surface area contributed by atoms with E-state index < -0.39 is 26.8 Å². The maximum absolute atomic E-state index is 2.80. The summed E-state index contributed by atoms with van der Waals surface area (Å²) in [6.07, 6.45) is 15.9. The van der Waals surface area contributed by atoms with Gasteiger partial charge >= 0.3 is 198 Å². The van der Waals surface area contributed by atoms with Crippen molar-refractivity contribution in [1.82, 2.24) is 0 Å². The van der Waals surface area contributed by atoms with Crippen LogP contribution in [0.5, 0.6) is 0 Å². The van der Waals surface area contributed by atoms with Crippen LogP contribution in [0.3, 0.4) is 0 Å². The fourth-order valence-corrected chi connectivity index (χ4v) is 27.9. The van der Waals surface area contributed by atoms with Crippen LogP contribution >= 0.6 is 0 Å². The second kappa shape index (κ2) is 9.93. The minimum Gasteiger partial charge on any atom is -1.00 e. The molecule has 4 aliphatic carbocycles. The summed E-state index contributed by atoms with van der Waals surface area (Å²) in [4.78, 5) is 0. The van der Waals surface area contributed by atoms with E-state index in [2.05, 4.69) is 69.4 Å². The van der Waals surface area contributed by atoms with E-state index in [0.717, 1.165) is 7.25 Å². The van der Waals surface area contributed by atoms with Gasteiger partial charge < -0.3 is 24.8 Å². The Morgan fingerprint density at radius 2 is 1.36 bits per heavy atom. The van der Waals surface area contributed by atoms with E-state index in [0.29, 0.717) is 5.92 Å². The molecule has 0 radical (unpaired) electrons. The van der Waals surface area contributed by atoms with E-state index >= 15 is 0 Å². The van der Waals surface area contributed by atoms with Crippen LogP contribution in [0.2, 0.25) is 13.1 Å². The molecule has 2 aromatic rings. The van der Waals surface area contributed by atoms with Gasteiger partial charge in [0.2, 0.25) is 0 Å². The zero-order valence-corrected chi connectivity index (χ0v) is 25.5. The van der Waals surface area contributed by atoms with Crippen LogP contribution in [0.25, 0.3) is 11.6 Å². The summed E-state index contributed by atoms with van der Waals surface area (Å²) in [6, 6.07) is 10.5. The fraction of sp³-hybridized carbons (Fsp3) is 0.448. The van der Waals surface area contributed by atoms with Gasteiger partial charge in [0, 0.05) is 0 Å². The summed E-state index contributed by atoms with van der Waals surface area (Å²) in [6.45, 7) is 10.2. The molecule has 0 heterocycles. The third-order valence-corrected chi connectivity index (χ3v) is 29.7. The van der Waals surface area contributed by atoms with E-state index in [-0.39, 0.29) is 24.8 Å². The quantitative estimate of drug-likeness (QED) is 0.482. The van der Waals surface area contributed by atoms with E-state index in [1.165, 1.54) is 38.5 Å². The number of halogens is 2. The first-order chi connectivity index (χ1) is 15.0. The van der Waals surface area contributed by atoms with Crippen molar-refractivity contribution in [3.8, 4) is 0 Å². The van der Waals surface area contributed by atoms with Crippen LogP contribution in [-0.4, -0.2) is 5.92 Å². The molecule has 2 unspecified atom stereocenters. The predicted molar refractivity (Wildman–Crippen MR) is 133 cm³/mol. The Kier molecular flexibility index (Phi) is 7.73. The van der Waals surface area contributed by atoms with Crippen LogP contribution in [-0.2, 0) is 46.6 Å². The largest absolute Gasteiger partial charge is 1.00 e. The van der Waals surface area contributed by atoms with Crippen molar-refractivity contribution in [2.45, 2.75) is 72.7 Å². The molecule has 2 aromatic carbocycles. The third kappa shape index (κ3) is 4.26. The van der Waals surface area contributed by atoms with Gasteiger partial charge in [-0.15, -0.1) is 0 Å². The van der Waals surface area contributed by atoms with Crippen molar-refractivity contribution in [2.24, 2.45) is 5.92 Å². The molecular weight excluding hydrogens is 539 g/mol. The molecule has 0 N–H and O–H groups in total. The molecule has 0 amide bonds. The van der Waals surface area contributed by atoms with Gasteiger partial charge in [-0.2, -0.15) is 0 Å². The van der Waals surface area contributed by atoms with Gasteiger partial charge in [0.25, 0.3) is 0 Å². The van der Waals surface area contributed by atoms with Crippen molar-refractivity contribution in [2.75, 3.05) is 0 Å². The van der Waals surface area contributed by atoms with E-state index in [4.69, 9.17) is 0 Å².